The van der Waals surface area contributed by atoms with Crippen LogP contribution in [0.4, 0.5) is 0 Å². The summed E-state index contributed by atoms with van der Waals surface area (Å²) >= 11 is 0. The van der Waals surface area contributed by atoms with Crippen molar-refractivity contribution in [3.05, 3.63) is 18.0 Å². The first-order chi connectivity index (χ1) is 13.1. The van der Waals surface area contributed by atoms with E-state index in [0.29, 0.717) is 19.0 Å². The van der Waals surface area contributed by atoms with Gasteiger partial charge in [-0.3, -0.25) is 14.3 Å². The molecule has 0 aromatic carbocycles. The van der Waals surface area contributed by atoms with E-state index in [0.717, 1.165) is 37.9 Å². The molecule has 3 fully saturated rings. The van der Waals surface area contributed by atoms with E-state index in [9.17, 15) is 9.59 Å². The van der Waals surface area contributed by atoms with Gasteiger partial charge < -0.3 is 15.5 Å². The minimum Gasteiger partial charge on any atom is -0.351 e. The Hall–Kier alpha value is -1.89. The van der Waals surface area contributed by atoms with E-state index in [1.807, 2.05) is 24.3 Å². The second-order valence-corrected chi connectivity index (χ2v) is 8.43. The summed E-state index contributed by atoms with van der Waals surface area (Å²) in [5, 5.41) is 10.8. The highest BCUT2D eigenvalue weighted by atomic mass is 16.2. The van der Waals surface area contributed by atoms with Crippen LogP contribution >= 0.6 is 0 Å². The molecule has 7 nitrogen and oxygen atoms in total. The van der Waals surface area contributed by atoms with Gasteiger partial charge in [0.2, 0.25) is 11.8 Å². The Morgan fingerprint density at radius 1 is 1.19 bits per heavy atom. The van der Waals surface area contributed by atoms with E-state index in [-0.39, 0.29) is 29.7 Å². The second kappa shape index (κ2) is 8.00. The fraction of sp³-hybridized carbons (Fsp3) is 0.750. The van der Waals surface area contributed by atoms with E-state index in [1.165, 1.54) is 19.3 Å². The summed E-state index contributed by atoms with van der Waals surface area (Å²) in [4.78, 5) is 27.6. The number of hydrogen-bond acceptors (Lipinski definition) is 4. The van der Waals surface area contributed by atoms with Crippen LogP contribution in [-0.4, -0.2) is 58.7 Å². The van der Waals surface area contributed by atoms with Crippen LogP contribution in [0.15, 0.2) is 12.4 Å². The van der Waals surface area contributed by atoms with E-state index >= 15 is 0 Å². The predicted molar refractivity (Wildman–Crippen MR) is 102 cm³/mol. The Morgan fingerprint density at radius 2 is 2.00 bits per heavy atom. The third-order valence-corrected chi connectivity index (χ3v) is 6.50. The first-order valence-corrected chi connectivity index (χ1v) is 10.4. The minimum absolute atomic E-state index is 0.0719. The Labute approximate surface area is 160 Å². The molecule has 0 bridgehead atoms. The number of carbonyl (C=O) groups is 2. The largest absolute Gasteiger partial charge is 0.351 e. The molecule has 2 N–H and O–H groups in total. The molecule has 3 atom stereocenters. The SMILES string of the molecule is Cn1cc([C@H]2CNC[C@@H]2C(=O)NC2CCN(C(=O)C3CCCCC3)C2)cn1. The first kappa shape index (κ1) is 18.5. The summed E-state index contributed by atoms with van der Waals surface area (Å²) in [6.07, 6.45) is 10.4. The lowest BCUT2D eigenvalue weighted by molar-refractivity contribution is -0.135. The number of rotatable bonds is 4. The van der Waals surface area contributed by atoms with Crippen LogP contribution in [0, 0.1) is 11.8 Å². The van der Waals surface area contributed by atoms with Crippen LogP contribution in [0.3, 0.4) is 0 Å². The summed E-state index contributed by atoms with van der Waals surface area (Å²) in [5.41, 5.74) is 1.11. The van der Waals surface area contributed by atoms with Crippen molar-refractivity contribution < 1.29 is 9.59 Å². The maximum Gasteiger partial charge on any atom is 0.225 e. The lowest BCUT2D eigenvalue weighted by Crippen LogP contribution is -2.43. The highest BCUT2D eigenvalue weighted by Gasteiger charge is 2.37. The molecule has 0 spiro atoms. The normalized spacial score (nSPS) is 29.2. The number of hydrogen-bond donors (Lipinski definition) is 2. The van der Waals surface area contributed by atoms with Gasteiger partial charge in [-0.05, 0) is 24.8 Å². The molecule has 0 radical (unpaired) electrons. The number of aryl methyl sites for hydroxylation is 1. The van der Waals surface area contributed by atoms with Crippen molar-refractivity contribution in [2.75, 3.05) is 26.2 Å². The predicted octanol–water partition coefficient (Wildman–Crippen LogP) is 1.02. The molecular formula is C20H31N5O2. The van der Waals surface area contributed by atoms with Gasteiger partial charge in [-0.1, -0.05) is 19.3 Å². The lowest BCUT2D eigenvalue weighted by atomic mass is 9.88. The monoisotopic (exact) mass is 373 g/mol. The van der Waals surface area contributed by atoms with E-state index in [1.54, 1.807) is 4.68 Å². The van der Waals surface area contributed by atoms with Crippen LogP contribution in [-0.2, 0) is 16.6 Å². The van der Waals surface area contributed by atoms with Gasteiger partial charge in [-0.2, -0.15) is 5.10 Å². The van der Waals surface area contributed by atoms with Gasteiger partial charge >= 0.3 is 0 Å². The third-order valence-electron chi connectivity index (χ3n) is 6.50. The number of nitrogens with zero attached hydrogens (tertiary/aromatic N) is 3. The standard InChI is InChI=1S/C20H31N5O2/c1-24-12-15(9-22-24)17-10-21-11-18(17)19(26)23-16-7-8-25(13-16)20(27)14-5-3-2-4-6-14/h9,12,14,16-18,21H,2-8,10-11,13H2,1H3,(H,23,26)/t16?,17-,18+/m1/s1. The summed E-state index contributed by atoms with van der Waals surface area (Å²) in [7, 11) is 1.90. The van der Waals surface area contributed by atoms with Crippen molar-refractivity contribution in [1.82, 2.24) is 25.3 Å². The Kier molecular flexibility index (Phi) is 5.48. The van der Waals surface area contributed by atoms with Gasteiger partial charge in [0.15, 0.2) is 0 Å². The van der Waals surface area contributed by atoms with Crippen LogP contribution in [0.25, 0.3) is 0 Å². The minimum atomic E-state index is -0.0719. The Bertz CT molecular complexity index is 682. The second-order valence-electron chi connectivity index (χ2n) is 8.43. The summed E-state index contributed by atoms with van der Waals surface area (Å²) in [6, 6.07) is 0.0835. The topological polar surface area (TPSA) is 79.3 Å². The number of likely N-dealkylation sites (tertiary alicyclic amines) is 1. The summed E-state index contributed by atoms with van der Waals surface area (Å²) in [6.45, 7) is 2.94. The molecular weight excluding hydrogens is 342 g/mol. The molecule has 1 aromatic heterocycles. The highest BCUT2D eigenvalue weighted by molar-refractivity contribution is 5.82. The lowest BCUT2D eigenvalue weighted by Gasteiger charge is -2.26. The molecule has 3 aliphatic rings. The number of amides is 2. The van der Waals surface area contributed by atoms with Crippen LogP contribution in [0.2, 0.25) is 0 Å². The van der Waals surface area contributed by atoms with Crippen molar-refractivity contribution in [1.29, 1.82) is 0 Å². The van der Waals surface area contributed by atoms with Gasteiger partial charge in [0.1, 0.15) is 0 Å². The molecule has 4 rings (SSSR count). The van der Waals surface area contributed by atoms with Gasteiger partial charge in [0.25, 0.3) is 0 Å². The molecule has 2 aliphatic heterocycles. The van der Waals surface area contributed by atoms with Crippen molar-refractivity contribution in [3.63, 3.8) is 0 Å². The maximum atomic E-state index is 12.9. The van der Waals surface area contributed by atoms with E-state index in [4.69, 9.17) is 0 Å². The van der Waals surface area contributed by atoms with Gasteiger partial charge in [-0.25, -0.2) is 0 Å². The Morgan fingerprint density at radius 3 is 2.74 bits per heavy atom. The van der Waals surface area contributed by atoms with Crippen LogP contribution in [0.1, 0.15) is 50.0 Å². The number of carbonyl (C=O) groups excluding carboxylic acids is 2. The molecule has 2 saturated heterocycles. The highest BCUT2D eigenvalue weighted by Crippen LogP contribution is 2.29. The average molecular weight is 374 g/mol. The molecule has 1 aromatic rings. The van der Waals surface area contributed by atoms with Crippen LogP contribution < -0.4 is 10.6 Å². The quantitative estimate of drug-likeness (QED) is 0.826. The zero-order valence-electron chi connectivity index (χ0n) is 16.2. The first-order valence-electron chi connectivity index (χ1n) is 10.4. The van der Waals surface area contributed by atoms with Crippen LogP contribution in [0.5, 0.6) is 0 Å². The zero-order chi connectivity index (χ0) is 18.8. The van der Waals surface area contributed by atoms with Gasteiger partial charge in [0.05, 0.1) is 12.1 Å². The zero-order valence-corrected chi connectivity index (χ0v) is 16.2. The summed E-state index contributed by atoms with van der Waals surface area (Å²) in [5.74, 6) is 0.715. The molecule has 27 heavy (non-hydrogen) atoms. The van der Waals surface area contributed by atoms with Crippen molar-refractivity contribution in [3.8, 4) is 0 Å². The van der Waals surface area contributed by atoms with Crippen molar-refractivity contribution in [2.45, 2.75) is 50.5 Å². The van der Waals surface area contributed by atoms with Crippen molar-refractivity contribution in [2.24, 2.45) is 18.9 Å². The molecule has 1 saturated carbocycles. The fourth-order valence-electron chi connectivity index (χ4n) is 4.93. The number of aromatic nitrogens is 2. The van der Waals surface area contributed by atoms with Gasteiger partial charge in [-0.15, -0.1) is 0 Å². The Balaban J connectivity index is 1.31. The summed E-state index contributed by atoms with van der Waals surface area (Å²) < 4.78 is 1.79. The molecule has 1 aliphatic carbocycles. The third kappa shape index (κ3) is 4.03. The van der Waals surface area contributed by atoms with Gasteiger partial charge in [0, 0.05) is 57.3 Å². The van der Waals surface area contributed by atoms with E-state index < -0.39 is 0 Å². The van der Waals surface area contributed by atoms with Crippen molar-refractivity contribution >= 4 is 11.8 Å². The maximum absolute atomic E-state index is 12.9. The fourth-order valence-corrected chi connectivity index (χ4v) is 4.93. The molecule has 2 amide bonds. The van der Waals surface area contributed by atoms with E-state index in [2.05, 4.69) is 15.7 Å². The molecule has 7 heteroatoms. The molecule has 1 unspecified atom stereocenters. The smallest absolute Gasteiger partial charge is 0.225 e. The molecule has 3 heterocycles. The number of nitrogens with one attached hydrogen (secondary N) is 2. The average Bonchev–Trinajstić information content (AvgIpc) is 3.42. The molecule has 148 valence electrons.